The van der Waals surface area contributed by atoms with E-state index >= 15 is 0 Å². The lowest BCUT2D eigenvalue weighted by atomic mass is 10.2. The number of anilines is 1. The molecule has 2 aromatic carbocycles. The number of carbonyl (C=O) groups is 1. The van der Waals surface area contributed by atoms with Crippen LogP contribution in [0.2, 0.25) is 0 Å². The average Bonchev–Trinajstić information content (AvgIpc) is 3.41. The Labute approximate surface area is 178 Å². The number of furan rings is 1. The number of carbonyl (C=O) groups excluding carboxylic acids is 1. The van der Waals surface area contributed by atoms with E-state index in [0.29, 0.717) is 40.1 Å². The summed E-state index contributed by atoms with van der Waals surface area (Å²) < 4.78 is 16.9. The first-order valence-electron chi connectivity index (χ1n) is 9.74. The second-order valence-electron chi connectivity index (χ2n) is 6.71. The Balaban J connectivity index is 1.45. The van der Waals surface area contributed by atoms with Crippen molar-refractivity contribution in [3.63, 3.8) is 0 Å². The van der Waals surface area contributed by atoms with E-state index in [0.717, 1.165) is 24.0 Å². The van der Waals surface area contributed by atoms with Crippen LogP contribution in [0.4, 0.5) is 5.13 Å². The molecule has 7 heteroatoms. The molecule has 4 aromatic rings. The van der Waals surface area contributed by atoms with E-state index in [1.165, 1.54) is 11.3 Å². The van der Waals surface area contributed by atoms with Crippen molar-refractivity contribution in [1.29, 1.82) is 0 Å². The molecule has 0 aliphatic heterocycles. The number of fused-ring (bicyclic) bond motifs is 1. The number of para-hydroxylation sites is 1. The predicted octanol–water partition coefficient (Wildman–Crippen LogP) is 6.00. The molecule has 0 atom stereocenters. The first kappa shape index (κ1) is 20.0. The van der Waals surface area contributed by atoms with Crippen LogP contribution < -0.4 is 14.8 Å². The van der Waals surface area contributed by atoms with Crippen LogP contribution >= 0.6 is 11.3 Å². The van der Waals surface area contributed by atoms with Crippen LogP contribution in [0.15, 0.2) is 58.3 Å². The predicted molar refractivity (Wildman–Crippen MR) is 119 cm³/mol. The molecule has 0 aliphatic carbocycles. The van der Waals surface area contributed by atoms with Gasteiger partial charge in [-0.15, -0.1) is 11.3 Å². The number of thiazole rings is 1. The summed E-state index contributed by atoms with van der Waals surface area (Å²) in [5, 5.41) is 6.13. The summed E-state index contributed by atoms with van der Waals surface area (Å²) >= 11 is 1.34. The van der Waals surface area contributed by atoms with Crippen LogP contribution in [0, 0.1) is 0 Å². The fourth-order valence-electron chi connectivity index (χ4n) is 2.97. The molecule has 0 saturated carbocycles. The number of methoxy groups -OCH3 is 1. The lowest BCUT2D eigenvalue weighted by molar-refractivity contribution is 0.102. The minimum Gasteiger partial charge on any atom is -0.494 e. The summed E-state index contributed by atoms with van der Waals surface area (Å²) in [6.07, 6.45) is 2.09. The topological polar surface area (TPSA) is 73.6 Å². The summed E-state index contributed by atoms with van der Waals surface area (Å²) in [5.41, 5.74) is 1.88. The number of nitrogens with zero attached hydrogens (tertiary/aromatic N) is 1. The van der Waals surface area contributed by atoms with E-state index in [1.54, 1.807) is 31.4 Å². The molecule has 1 amide bonds. The van der Waals surface area contributed by atoms with Gasteiger partial charge in [0.05, 0.1) is 13.7 Å². The van der Waals surface area contributed by atoms with Crippen molar-refractivity contribution in [2.75, 3.05) is 19.0 Å². The Bertz CT molecular complexity index is 1150. The first-order chi connectivity index (χ1) is 14.7. The van der Waals surface area contributed by atoms with Crippen molar-refractivity contribution in [2.45, 2.75) is 19.8 Å². The number of unbranched alkanes of at least 4 members (excludes halogenated alkanes) is 1. The van der Waals surface area contributed by atoms with E-state index < -0.39 is 0 Å². The van der Waals surface area contributed by atoms with E-state index in [9.17, 15) is 4.79 Å². The van der Waals surface area contributed by atoms with Gasteiger partial charge in [0.1, 0.15) is 11.4 Å². The second-order valence-corrected chi connectivity index (χ2v) is 7.57. The van der Waals surface area contributed by atoms with Crippen LogP contribution in [0.3, 0.4) is 0 Å². The maximum atomic E-state index is 12.5. The number of benzene rings is 2. The second kappa shape index (κ2) is 9.00. The summed E-state index contributed by atoms with van der Waals surface area (Å²) in [5.74, 6) is 1.84. The number of nitrogens with one attached hydrogen (secondary N) is 1. The normalized spacial score (nSPS) is 10.9. The molecule has 2 heterocycles. The zero-order valence-electron chi connectivity index (χ0n) is 16.8. The number of hydrogen-bond donors (Lipinski definition) is 1. The molecule has 30 heavy (non-hydrogen) atoms. The Morgan fingerprint density at radius 2 is 2.03 bits per heavy atom. The molecule has 0 aliphatic rings. The lowest BCUT2D eigenvalue weighted by Gasteiger charge is -2.06. The molecule has 2 aromatic heterocycles. The van der Waals surface area contributed by atoms with Crippen molar-refractivity contribution in [3.05, 3.63) is 59.5 Å². The largest absolute Gasteiger partial charge is 0.494 e. The third kappa shape index (κ3) is 4.31. The molecule has 0 bridgehead atoms. The van der Waals surface area contributed by atoms with E-state index in [1.807, 2.05) is 29.6 Å². The van der Waals surface area contributed by atoms with Gasteiger partial charge in [0, 0.05) is 16.3 Å². The van der Waals surface area contributed by atoms with Crippen LogP contribution in [0.25, 0.3) is 22.4 Å². The Morgan fingerprint density at radius 3 is 2.80 bits per heavy atom. The Morgan fingerprint density at radius 1 is 1.20 bits per heavy atom. The SMILES string of the molecule is CCCCOc1ccc(C(=O)Nc2nc(-c3cc4cccc(OC)c4o3)cs2)cc1. The van der Waals surface area contributed by atoms with Gasteiger partial charge in [0.25, 0.3) is 5.91 Å². The molecule has 0 fully saturated rings. The van der Waals surface area contributed by atoms with Crippen LogP contribution in [-0.4, -0.2) is 24.6 Å². The fraction of sp³-hybridized carbons (Fsp3) is 0.217. The van der Waals surface area contributed by atoms with Crippen LogP contribution in [0.5, 0.6) is 11.5 Å². The summed E-state index contributed by atoms with van der Waals surface area (Å²) in [6.45, 7) is 2.80. The highest BCUT2D eigenvalue weighted by molar-refractivity contribution is 7.14. The fourth-order valence-corrected chi connectivity index (χ4v) is 3.67. The van der Waals surface area contributed by atoms with Crippen LogP contribution in [-0.2, 0) is 0 Å². The third-order valence-corrected chi connectivity index (χ3v) is 5.35. The minimum atomic E-state index is -0.220. The van der Waals surface area contributed by atoms with Gasteiger partial charge in [0.15, 0.2) is 22.2 Å². The first-order valence-corrected chi connectivity index (χ1v) is 10.6. The zero-order chi connectivity index (χ0) is 20.9. The van der Waals surface area contributed by atoms with Crippen molar-refractivity contribution in [3.8, 4) is 23.0 Å². The molecule has 0 spiro atoms. The molecular weight excluding hydrogens is 400 g/mol. The summed E-state index contributed by atoms with van der Waals surface area (Å²) in [6, 6.07) is 14.7. The van der Waals surface area contributed by atoms with E-state index in [4.69, 9.17) is 13.9 Å². The Kier molecular flexibility index (Phi) is 5.99. The van der Waals surface area contributed by atoms with Gasteiger partial charge in [-0.1, -0.05) is 25.5 Å². The highest BCUT2D eigenvalue weighted by Gasteiger charge is 2.14. The maximum Gasteiger partial charge on any atom is 0.257 e. The number of rotatable bonds is 8. The third-order valence-electron chi connectivity index (χ3n) is 4.59. The molecule has 4 rings (SSSR count). The lowest BCUT2D eigenvalue weighted by Crippen LogP contribution is -2.11. The van der Waals surface area contributed by atoms with Gasteiger partial charge < -0.3 is 13.9 Å². The quantitative estimate of drug-likeness (QED) is 0.353. The van der Waals surface area contributed by atoms with E-state index in [-0.39, 0.29) is 5.91 Å². The number of amides is 1. The van der Waals surface area contributed by atoms with Crippen LogP contribution in [0.1, 0.15) is 30.1 Å². The number of aromatic nitrogens is 1. The standard InChI is InChI=1S/C23H22N2O4S/c1-3-4-12-28-17-10-8-15(9-11-17)22(26)25-23-24-18(14-30-23)20-13-16-6-5-7-19(27-2)21(16)29-20/h5-11,13-14H,3-4,12H2,1-2H3,(H,24,25,26). The number of hydrogen-bond acceptors (Lipinski definition) is 6. The van der Waals surface area contributed by atoms with Gasteiger partial charge in [-0.3, -0.25) is 10.1 Å². The van der Waals surface area contributed by atoms with Gasteiger partial charge in [-0.2, -0.15) is 0 Å². The Hall–Kier alpha value is -3.32. The molecule has 0 saturated heterocycles. The average molecular weight is 423 g/mol. The highest BCUT2D eigenvalue weighted by atomic mass is 32.1. The van der Waals surface area contributed by atoms with Crippen molar-refractivity contribution < 1.29 is 18.7 Å². The summed E-state index contributed by atoms with van der Waals surface area (Å²) in [7, 11) is 1.61. The van der Waals surface area contributed by atoms with E-state index in [2.05, 4.69) is 17.2 Å². The van der Waals surface area contributed by atoms with Gasteiger partial charge in [0.2, 0.25) is 0 Å². The van der Waals surface area contributed by atoms with Gasteiger partial charge in [-0.25, -0.2) is 4.98 Å². The number of ether oxygens (including phenoxy) is 2. The highest BCUT2D eigenvalue weighted by Crippen LogP contribution is 2.34. The molecule has 1 N–H and O–H groups in total. The monoisotopic (exact) mass is 422 g/mol. The smallest absolute Gasteiger partial charge is 0.257 e. The summed E-state index contributed by atoms with van der Waals surface area (Å²) in [4.78, 5) is 17.0. The van der Waals surface area contributed by atoms with Crippen molar-refractivity contribution >= 4 is 33.3 Å². The molecule has 0 unspecified atom stereocenters. The molecule has 0 radical (unpaired) electrons. The minimum absolute atomic E-state index is 0.220. The van der Waals surface area contributed by atoms with Gasteiger partial charge >= 0.3 is 0 Å². The molecular formula is C23H22N2O4S. The van der Waals surface area contributed by atoms with Crippen molar-refractivity contribution in [2.24, 2.45) is 0 Å². The zero-order valence-corrected chi connectivity index (χ0v) is 17.6. The van der Waals surface area contributed by atoms with Crippen molar-refractivity contribution in [1.82, 2.24) is 4.98 Å². The van der Waals surface area contributed by atoms with Gasteiger partial charge in [-0.05, 0) is 42.8 Å². The molecule has 154 valence electrons. The molecule has 6 nitrogen and oxygen atoms in total. The maximum absolute atomic E-state index is 12.5.